The standard InChI is InChI=1S/C19H40.C11H24.4CH4/c1-3-5-7-9-11-13-15-17-19-18-16-14-12-10-8-6-4-2;1-3-5-7-9-11-10-8-6-4-2;;;;/h3-19H2,1-2H3;3-11H2,1-2H3;4*1H4. The fraction of sp³-hybridized carbons (Fsp3) is 1.00. The fourth-order valence-electron chi connectivity index (χ4n) is 4.18. The van der Waals surface area contributed by atoms with Crippen molar-refractivity contribution in [1.29, 1.82) is 0 Å². The molecular weight excluding hydrogens is 408 g/mol. The van der Waals surface area contributed by atoms with Crippen LogP contribution in [-0.4, -0.2) is 0 Å². The minimum absolute atomic E-state index is 0. The van der Waals surface area contributed by atoms with Gasteiger partial charge in [0.05, 0.1) is 0 Å². The topological polar surface area (TPSA) is 0 Å². The number of hydrogen-bond acceptors (Lipinski definition) is 0. The Kier molecular flexibility index (Phi) is 69.4. The average molecular weight is 489 g/mol. The van der Waals surface area contributed by atoms with Crippen molar-refractivity contribution in [1.82, 2.24) is 0 Å². The Morgan fingerprint density at radius 3 is 0.353 bits per heavy atom. The summed E-state index contributed by atoms with van der Waals surface area (Å²) in [5, 5.41) is 0. The van der Waals surface area contributed by atoms with E-state index in [0.29, 0.717) is 0 Å². The molecule has 216 valence electrons. The Labute approximate surface area is 224 Å². The van der Waals surface area contributed by atoms with Crippen LogP contribution in [0.4, 0.5) is 0 Å². The summed E-state index contributed by atoms with van der Waals surface area (Å²) in [6.07, 6.45) is 37.9. The Morgan fingerprint density at radius 1 is 0.176 bits per heavy atom. The Balaban J connectivity index is -0.000000114. The summed E-state index contributed by atoms with van der Waals surface area (Å²) in [5.41, 5.74) is 0. The lowest BCUT2D eigenvalue weighted by molar-refractivity contribution is 0.529. The van der Waals surface area contributed by atoms with E-state index in [2.05, 4.69) is 27.7 Å². The van der Waals surface area contributed by atoms with E-state index in [1.54, 1.807) is 0 Å². The van der Waals surface area contributed by atoms with Crippen molar-refractivity contribution in [2.24, 2.45) is 0 Å². The van der Waals surface area contributed by atoms with Crippen molar-refractivity contribution in [3.8, 4) is 0 Å². The average Bonchev–Trinajstić information content (AvgIpc) is 2.76. The summed E-state index contributed by atoms with van der Waals surface area (Å²) in [7, 11) is 0. The maximum absolute atomic E-state index is 2.30. The molecule has 0 rings (SSSR count). The first-order valence-corrected chi connectivity index (χ1v) is 14.8. The van der Waals surface area contributed by atoms with Gasteiger partial charge in [-0.1, -0.05) is 224 Å². The highest BCUT2D eigenvalue weighted by molar-refractivity contribution is 4.49. The van der Waals surface area contributed by atoms with E-state index >= 15 is 0 Å². The zero-order valence-electron chi connectivity index (χ0n) is 22.4. The van der Waals surface area contributed by atoms with Gasteiger partial charge in [0.2, 0.25) is 0 Å². The summed E-state index contributed by atoms with van der Waals surface area (Å²) in [6.45, 7) is 9.14. The van der Waals surface area contributed by atoms with Crippen LogP contribution in [0.5, 0.6) is 0 Å². The number of rotatable bonds is 24. The van der Waals surface area contributed by atoms with Crippen LogP contribution < -0.4 is 0 Å². The zero-order valence-corrected chi connectivity index (χ0v) is 22.4. The Bertz CT molecular complexity index is 220. The van der Waals surface area contributed by atoms with E-state index in [1.807, 2.05) is 0 Å². The molecule has 0 aromatic carbocycles. The monoisotopic (exact) mass is 489 g/mol. The minimum atomic E-state index is 0. The summed E-state index contributed by atoms with van der Waals surface area (Å²) < 4.78 is 0. The largest absolute Gasteiger partial charge is 0.0776 e. The maximum atomic E-state index is 2.30. The molecule has 0 bridgehead atoms. The van der Waals surface area contributed by atoms with Gasteiger partial charge in [0, 0.05) is 0 Å². The molecule has 0 fully saturated rings. The molecule has 0 atom stereocenters. The van der Waals surface area contributed by atoms with E-state index in [1.165, 1.54) is 167 Å². The first kappa shape index (κ1) is 47.2. The molecule has 0 nitrogen and oxygen atoms in total. The van der Waals surface area contributed by atoms with Crippen molar-refractivity contribution in [3.05, 3.63) is 0 Å². The van der Waals surface area contributed by atoms with Gasteiger partial charge in [-0.25, -0.2) is 0 Å². The summed E-state index contributed by atoms with van der Waals surface area (Å²) >= 11 is 0. The van der Waals surface area contributed by atoms with Crippen LogP contribution >= 0.6 is 0 Å². The number of unbranched alkanes of at least 4 members (excludes halogenated alkanes) is 24. The van der Waals surface area contributed by atoms with Crippen molar-refractivity contribution >= 4 is 0 Å². The van der Waals surface area contributed by atoms with E-state index in [0.717, 1.165) is 0 Å². The van der Waals surface area contributed by atoms with Gasteiger partial charge in [-0.05, 0) is 0 Å². The van der Waals surface area contributed by atoms with Crippen molar-refractivity contribution in [2.75, 3.05) is 0 Å². The fourth-order valence-corrected chi connectivity index (χ4v) is 4.18. The van der Waals surface area contributed by atoms with Crippen molar-refractivity contribution in [2.45, 2.75) is 224 Å². The molecule has 0 aliphatic heterocycles. The van der Waals surface area contributed by atoms with E-state index in [-0.39, 0.29) is 29.7 Å². The van der Waals surface area contributed by atoms with Gasteiger partial charge in [-0.15, -0.1) is 0 Å². The third-order valence-corrected chi connectivity index (χ3v) is 6.41. The first-order valence-electron chi connectivity index (χ1n) is 14.8. The molecule has 0 radical (unpaired) electrons. The van der Waals surface area contributed by atoms with Gasteiger partial charge in [0.15, 0.2) is 0 Å². The second-order valence-electron chi connectivity index (χ2n) is 9.78. The van der Waals surface area contributed by atoms with Crippen LogP contribution in [0, 0.1) is 0 Å². The maximum Gasteiger partial charge on any atom is -0.0533 e. The normalized spacial score (nSPS) is 9.53. The lowest BCUT2D eigenvalue weighted by atomic mass is 10.0. The molecule has 0 aromatic rings. The third kappa shape index (κ3) is 53.4. The van der Waals surface area contributed by atoms with Crippen LogP contribution in [-0.2, 0) is 0 Å². The van der Waals surface area contributed by atoms with Gasteiger partial charge < -0.3 is 0 Å². The lowest BCUT2D eigenvalue weighted by Crippen LogP contribution is -1.83. The smallest absolute Gasteiger partial charge is 0.0533 e. The summed E-state index contributed by atoms with van der Waals surface area (Å²) in [5.74, 6) is 0. The predicted octanol–water partition coefficient (Wildman–Crippen LogP) is 14.7. The number of hydrogen-bond donors (Lipinski definition) is 0. The van der Waals surface area contributed by atoms with Crippen LogP contribution in [0.15, 0.2) is 0 Å². The van der Waals surface area contributed by atoms with Crippen LogP contribution in [0.3, 0.4) is 0 Å². The molecule has 34 heavy (non-hydrogen) atoms. The lowest BCUT2D eigenvalue weighted by Gasteiger charge is -2.03. The molecule has 0 unspecified atom stereocenters. The zero-order chi connectivity index (χ0) is 22.4. The van der Waals surface area contributed by atoms with E-state index < -0.39 is 0 Å². The SMILES string of the molecule is C.C.C.C.CCCCCCCCCCC.CCCCCCCCCCCCCCCCCCC. The molecule has 0 N–H and O–H groups in total. The second-order valence-corrected chi connectivity index (χ2v) is 9.78. The molecule has 0 heterocycles. The van der Waals surface area contributed by atoms with Crippen molar-refractivity contribution < 1.29 is 0 Å². The molecule has 0 heteroatoms. The molecule has 0 spiro atoms. The molecule has 0 aliphatic carbocycles. The second kappa shape index (κ2) is 50.0. The molecular formula is C34H80. The highest BCUT2D eigenvalue weighted by Gasteiger charge is 1.94. The van der Waals surface area contributed by atoms with Gasteiger partial charge in [0.1, 0.15) is 0 Å². The van der Waals surface area contributed by atoms with Gasteiger partial charge in [0.25, 0.3) is 0 Å². The Morgan fingerprint density at radius 2 is 0.265 bits per heavy atom. The van der Waals surface area contributed by atoms with Gasteiger partial charge >= 0.3 is 0 Å². The third-order valence-electron chi connectivity index (χ3n) is 6.41. The molecule has 0 aliphatic rings. The minimum Gasteiger partial charge on any atom is -0.0776 e. The van der Waals surface area contributed by atoms with Gasteiger partial charge in [-0.2, -0.15) is 0 Å². The molecule has 0 saturated carbocycles. The highest BCUT2D eigenvalue weighted by atomic mass is 14.0. The first-order chi connectivity index (χ1) is 14.8. The summed E-state index contributed by atoms with van der Waals surface area (Å²) in [6, 6.07) is 0. The van der Waals surface area contributed by atoms with Crippen LogP contribution in [0.1, 0.15) is 224 Å². The van der Waals surface area contributed by atoms with E-state index in [9.17, 15) is 0 Å². The molecule has 0 amide bonds. The Hall–Kier alpha value is 0. The molecule has 0 aromatic heterocycles. The predicted molar refractivity (Wildman–Crippen MR) is 170 cm³/mol. The summed E-state index contributed by atoms with van der Waals surface area (Å²) in [4.78, 5) is 0. The van der Waals surface area contributed by atoms with E-state index in [4.69, 9.17) is 0 Å². The van der Waals surface area contributed by atoms with Crippen LogP contribution in [0.2, 0.25) is 0 Å². The molecule has 0 saturated heterocycles. The quantitative estimate of drug-likeness (QED) is 0.118. The van der Waals surface area contributed by atoms with Gasteiger partial charge in [-0.3, -0.25) is 0 Å². The van der Waals surface area contributed by atoms with Crippen molar-refractivity contribution in [3.63, 3.8) is 0 Å². The van der Waals surface area contributed by atoms with Crippen LogP contribution in [0.25, 0.3) is 0 Å². The highest BCUT2D eigenvalue weighted by Crippen LogP contribution is 2.14.